The fourth-order valence-electron chi connectivity index (χ4n) is 7.17. The number of rotatable bonds is 48. The van der Waals surface area contributed by atoms with Crippen molar-refractivity contribution in [1.82, 2.24) is 0 Å². The molecule has 0 aliphatic heterocycles. The molecule has 1 atom stereocenters. The van der Waals surface area contributed by atoms with E-state index in [4.69, 9.17) is 14.2 Å². The van der Waals surface area contributed by atoms with Crippen molar-refractivity contribution in [3.05, 3.63) is 109 Å². The minimum absolute atomic E-state index is 0.110. The SMILES string of the molecule is CC/C=C\C/C=C\C/C=C\C/C=C\C/C=C\CCCCCC(=O)OC[C@H](COC(=O)CCCCCCCCCCCCCCC)OC(=O)CCC/C=C\C/C=C\C/C=C\C/C=C\CCCCC. The van der Waals surface area contributed by atoms with Crippen LogP contribution in [-0.2, 0) is 28.6 Å². The van der Waals surface area contributed by atoms with Crippen LogP contribution < -0.4 is 0 Å². The first-order valence-electron chi connectivity index (χ1n) is 27.4. The number of esters is 3. The van der Waals surface area contributed by atoms with Gasteiger partial charge in [-0.05, 0) is 103 Å². The summed E-state index contributed by atoms with van der Waals surface area (Å²) in [4.78, 5) is 38.1. The van der Waals surface area contributed by atoms with Gasteiger partial charge in [0.2, 0.25) is 0 Å². The Labute approximate surface area is 412 Å². The minimum Gasteiger partial charge on any atom is -0.462 e. The molecule has 0 rings (SSSR count). The van der Waals surface area contributed by atoms with Crippen molar-refractivity contribution in [3.8, 4) is 0 Å². The molecule has 6 nitrogen and oxygen atoms in total. The molecule has 380 valence electrons. The fraction of sp³-hybridized carbons (Fsp3) is 0.656. The number of ether oxygens (including phenoxy) is 3. The zero-order chi connectivity index (χ0) is 48.6. The number of carbonyl (C=O) groups is 3. The average Bonchev–Trinajstić information content (AvgIpc) is 3.33. The van der Waals surface area contributed by atoms with Gasteiger partial charge in [0.1, 0.15) is 13.2 Å². The van der Waals surface area contributed by atoms with Gasteiger partial charge >= 0.3 is 17.9 Å². The van der Waals surface area contributed by atoms with Crippen molar-refractivity contribution in [3.63, 3.8) is 0 Å². The van der Waals surface area contributed by atoms with Crippen molar-refractivity contribution in [1.29, 1.82) is 0 Å². The molecule has 67 heavy (non-hydrogen) atoms. The summed E-state index contributed by atoms with van der Waals surface area (Å²) in [6.07, 6.45) is 73.6. The maximum absolute atomic E-state index is 12.8. The van der Waals surface area contributed by atoms with Crippen molar-refractivity contribution in [2.24, 2.45) is 0 Å². The number of allylic oxidation sites excluding steroid dienone is 18. The van der Waals surface area contributed by atoms with Gasteiger partial charge < -0.3 is 14.2 Å². The fourth-order valence-corrected chi connectivity index (χ4v) is 7.17. The van der Waals surface area contributed by atoms with Gasteiger partial charge in [0.15, 0.2) is 6.10 Å². The summed E-state index contributed by atoms with van der Waals surface area (Å²) < 4.78 is 16.8. The smallest absolute Gasteiger partial charge is 0.306 e. The normalized spacial score (nSPS) is 12.9. The van der Waals surface area contributed by atoms with Crippen LogP contribution in [0, 0.1) is 0 Å². The van der Waals surface area contributed by atoms with Gasteiger partial charge in [-0.1, -0.05) is 226 Å². The van der Waals surface area contributed by atoms with Crippen molar-refractivity contribution < 1.29 is 28.6 Å². The maximum atomic E-state index is 12.8. The molecule has 6 heteroatoms. The summed E-state index contributed by atoms with van der Waals surface area (Å²) in [6, 6.07) is 0. The molecular formula is C61H100O6. The van der Waals surface area contributed by atoms with Crippen LogP contribution >= 0.6 is 0 Å². The third-order valence-electron chi connectivity index (χ3n) is 11.3. The second-order valence-corrected chi connectivity index (χ2v) is 17.8. The van der Waals surface area contributed by atoms with Gasteiger partial charge in [0, 0.05) is 19.3 Å². The summed E-state index contributed by atoms with van der Waals surface area (Å²) in [5.41, 5.74) is 0. The monoisotopic (exact) mass is 929 g/mol. The third kappa shape index (κ3) is 52.9. The first-order valence-corrected chi connectivity index (χ1v) is 27.4. The second kappa shape index (κ2) is 54.7. The van der Waals surface area contributed by atoms with E-state index in [0.29, 0.717) is 19.3 Å². The van der Waals surface area contributed by atoms with E-state index in [1.807, 2.05) is 0 Å². The summed E-state index contributed by atoms with van der Waals surface area (Å²) in [6.45, 7) is 6.42. The zero-order valence-corrected chi connectivity index (χ0v) is 43.4. The molecule has 0 aromatic rings. The van der Waals surface area contributed by atoms with Gasteiger partial charge in [-0.25, -0.2) is 0 Å². The Kier molecular flexibility index (Phi) is 51.5. The Bertz CT molecular complexity index is 1390. The molecule has 0 N–H and O–H groups in total. The Morgan fingerprint density at radius 3 is 0.985 bits per heavy atom. The van der Waals surface area contributed by atoms with E-state index >= 15 is 0 Å². The van der Waals surface area contributed by atoms with Crippen LogP contribution in [0.15, 0.2) is 109 Å². The molecule has 0 aliphatic rings. The quantitative estimate of drug-likeness (QED) is 0.0262. The van der Waals surface area contributed by atoms with E-state index < -0.39 is 6.10 Å². The first-order chi connectivity index (χ1) is 33.0. The van der Waals surface area contributed by atoms with Gasteiger partial charge in [-0.2, -0.15) is 0 Å². The lowest BCUT2D eigenvalue weighted by Gasteiger charge is -2.18. The molecule has 0 saturated carbocycles. The van der Waals surface area contributed by atoms with E-state index in [1.165, 1.54) is 89.9 Å². The molecule has 0 spiro atoms. The Hall–Kier alpha value is -3.93. The molecule has 0 heterocycles. The highest BCUT2D eigenvalue weighted by molar-refractivity contribution is 5.71. The van der Waals surface area contributed by atoms with Crippen molar-refractivity contribution in [2.45, 2.75) is 245 Å². The number of unbranched alkanes of at least 4 members (excludes halogenated alkanes) is 19. The molecule has 0 bridgehead atoms. The highest BCUT2D eigenvalue weighted by Gasteiger charge is 2.19. The van der Waals surface area contributed by atoms with Crippen molar-refractivity contribution >= 4 is 17.9 Å². The molecule has 0 aromatic heterocycles. The van der Waals surface area contributed by atoms with Gasteiger partial charge in [0.05, 0.1) is 0 Å². The maximum Gasteiger partial charge on any atom is 0.306 e. The van der Waals surface area contributed by atoms with E-state index in [-0.39, 0.29) is 37.5 Å². The molecule has 0 radical (unpaired) electrons. The lowest BCUT2D eigenvalue weighted by atomic mass is 10.0. The lowest BCUT2D eigenvalue weighted by Crippen LogP contribution is -2.30. The predicted octanol–water partition coefficient (Wildman–Crippen LogP) is 18.3. The van der Waals surface area contributed by atoms with Gasteiger partial charge in [0.25, 0.3) is 0 Å². The lowest BCUT2D eigenvalue weighted by molar-refractivity contribution is -0.167. The molecule has 0 unspecified atom stereocenters. The second-order valence-electron chi connectivity index (χ2n) is 17.8. The van der Waals surface area contributed by atoms with Crippen LogP contribution in [0.2, 0.25) is 0 Å². The molecular weight excluding hydrogens is 829 g/mol. The van der Waals surface area contributed by atoms with Gasteiger partial charge in [-0.15, -0.1) is 0 Å². The van der Waals surface area contributed by atoms with E-state index in [0.717, 1.165) is 103 Å². The first kappa shape index (κ1) is 63.1. The Morgan fingerprint density at radius 2 is 0.597 bits per heavy atom. The number of hydrogen-bond acceptors (Lipinski definition) is 6. The largest absolute Gasteiger partial charge is 0.462 e. The highest BCUT2D eigenvalue weighted by Crippen LogP contribution is 2.14. The van der Waals surface area contributed by atoms with E-state index in [9.17, 15) is 14.4 Å². The standard InChI is InChI=1S/C61H100O6/c1-4-7-10-13-16-19-22-25-27-29-30-32-33-36-39-42-45-48-51-54-60(63)66-57-58(56-65-59(62)53-50-47-44-41-38-35-24-21-18-15-12-9-6-3)67-61(64)55-52-49-46-43-40-37-34-31-28-26-23-20-17-14-11-8-5-2/h7,10,16-17,19-20,25-28,30,32,34,36-37,39,43,46,58H,4-6,8-9,11-15,18,21-24,29,31,33,35,38,40-42,44-45,47-57H2,1-3H3/b10-7-,19-16-,20-17-,27-25-,28-26-,32-30-,37-34-,39-36-,46-43-/t58-/m0/s1. The Morgan fingerprint density at radius 1 is 0.313 bits per heavy atom. The van der Waals surface area contributed by atoms with Crippen LogP contribution in [0.4, 0.5) is 0 Å². The van der Waals surface area contributed by atoms with E-state index in [1.54, 1.807) is 0 Å². The summed E-state index contributed by atoms with van der Waals surface area (Å²) >= 11 is 0. The average molecular weight is 929 g/mol. The zero-order valence-electron chi connectivity index (χ0n) is 43.4. The third-order valence-corrected chi connectivity index (χ3v) is 11.3. The van der Waals surface area contributed by atoms with Crippen LogP contribution in [0.3, 0.4) is 0 Å². The highest BCUT2D eigenvalue weighted by atomic mass is 16.6. The number of hydrogen-bond donors (Lipinski definition) is 0. The summed E-state index contributed by atoms with van der Waals surface area (Å²) in [7, 11) is 0. The summed E-state index contributed by atoms with van der Waals surface area (Å²) in [5.74, 6) is -1.00. The van der Waals surface area contributed by atoms with Crippen LogP contribution in [0.1, 0.15) is 239 Å². The molecule has 0 saturated heterocycles. The molecule has 0 amide bonds. The van der Waals surface area contributed by atoms with Crippen molar-refractivity contribution in [2.75, 3.05) is 13.2 Å². The van der Waals surface area contributed by atoms with Gasteiger partial charge in [-0.3, -0.25) is 14.4 Å². The molecule has 0 aromatic carbocycles. The van der Waals surface area contributed by atoms with E-state index in [2.05, 4.69) is 130 Å². The minimum atomic E-state index is -0.820. The summed E-state index contributed by atoms with van der Waals surface area (Å²) in [5, 5.41) is 0. The Balaban J connectivity index is 4.54. The number of carbonyl (C=O) groups excluding carboxylic acids is 3. The molecule has 0 fully saturated rings. The van der Waals surface area contributed by atoms with Crippen LogP contribution in [0.5, 0.6) is 0 Å². The topological polar surface area (TPSA) is 78.9 Å². The van der Waals surface area contributed by atoms with Crippen LogP contribution in [0.25, 0.3) is 0 Å². The predicted molar refractivity (Wildman–Crippen MR) is 288 cm³/mol. The molecule has 0 aliphatic carbocycles. The van der Waals surface area contributed by atoms with Crippen LogP contribution in [-0.4, -0.2) is 37.2 Å².